The molecule has 2 atom stereocenters. The molecule has 1 saturated carbocycles. The normalized spacial score (nSPS) is 25.4. The summed E-state index contributed by atoms with van der Waals surface area (Å²) in [5.74, 6) is 0.952. The largest absolute Gasteiger partial charge is 0.365 e. The van der Waals surface area contributed by atoms with E-state index in [4.69, 9.17) is 0 Å². The molecular formula is C12H19N3S. The fourth-order valence-electron chi connectivity index (χ4n) is 2.27. The lowest BCUT2D eigenvalue weighted by Gasteiger charge is -2.31. The lowest BCUT2D eigenvalue weighted by atomic mass is 9.95. The molecule has 1 heterocycles. The van der Waals surface area contributed by atoms with Crippen LogP contribution in [0.4, 0.5) is 5.82 Å². The monoisotopic (exact) mass is 237 g/mol. The molecule has 16 heavy (non-hydrogen) atoms. The zero-order chi connectivity index (χ0) is 11.4. The molecule has 1 fully saturated rings. The molecule has 3 nitrogen and oxygen atoms in total. The molecular weight excluding hydrogens is 218 g/mol. The van der Waals surface area contributed by atoms with Gasteiger partial charge in [0.2, 0.25) is 0 Å². The van der Waals surface area contributed by atoms with Crippen LogP contribution >= 0.6 is 11.8 Å². The number of hydrogen-bond acceptors (Lipinski definition) is 4. The second-order valence-corrected chi connectivity index (χ2v) is 5.38. The van der Waals surface area contributed by atoms with Gasteiger partial charge in [0.15, 0.2) is 0 Å². The Bertz CT molecular complexity index is 343. The number of aromatic nitrogens is 2. The van der Waals surface area contributed by atoms with Crippen LogP contribution in [-0.4, -0.2) is 27.5 Å². The van der Waals surface area contributed by atoms with Crippen LogP contribution in [0.1, 0.15) is 31.4 Å². The third-order valence-electron chi connectivity index (χ3n) is 3.21. The van der Waals surface area contributed by atoms with Crippen molar-refractivity contribution in [1.82, 2.24) is 9.97 Å². The third-order valence-corrected chi connectivity index (χ3v) is 4.38. The Kier molecular flexibility index (Phi) is 4.04. The van der Waals surface area contributed by atoms with Gasteiger partial charge in [-0.2, -0.15) is 11.8 Å². The maximum atomic E-state index is 4.36. The molecule has 2 rings (SSSR count). The Morgan fingerprint density at radius 1 is 1.25 bits per heavy atom. The van der Waals surface area contributed by atoms with Crippen molar-refractivity contribution in [2.24, 2.45) is 0 Å². The number of nitrogens with one attached hydrogen (secondary N) is 1. The van der Waals surface area contributed by atoms with E-state index in [-0.39, 0.29) is 0 Å². The first-order valence-electron chi connectivity index (χ1n) is 5.88. The first-order valence-corrected chi connectivity index (χ1v) is 7.17. The van der Waals surface area contributed by atoms with E-state index >= 15 is 0 Å². The first-order chi connectivity index (χ1) is 7.81. The summed E-state index contributed by atoms with van der Waals surface area (Å²) in [6, 6.07) is 0.555. The second-order valence-electron chi connectivity index (χ2n) is 4.30. The molecule has 0 aliphatic heterocycles. The zero-order valence-corrected chi connectivity index (χ0v) is 10.8. The van der Waals surface area contributed by atoms with Gasteiger partial charge in [0.25, 0.3) is 0 Å². The summed E-state index contributed by atoms with van der Waals surface area (Å²) in [5.41, 5.74) is 0.993. The summed E-state index contributed by atoms with van der Waals surface area (Å²) >= 11 is 1.97. The second kappa shape index (κ2) is 5.53. The van der Waals surface area contributed by atoms with Crippen LogP contribution in [0.25, 0.3) is 0 Å². The zero-order valence-electron chi connectivity index (χ0n) is 9.94. The predicted molar refractivity (Wildman–Crippen MR) is 70.0 cm³/mol. The third kappa shape index (κ3) is 2.67. The Morgan fingerprint density at radius 3 is 2.75 bits per heavy atom. The first kappa shape index (κ1) is 11.7. The van der Waals surface area contributed by atoms with Crippen molar-refractivity contribution in [3.8, 4) is 0 Å². The highest BCUT2D eigenvalue weighted by Crippen LogP contribution is 2.29. The lowest BCUT2D eigenvalue weighted by Crippen LogP contribution is -2.34. The van der Waals surface area contributed by atoms with Crippen LogP contribution in [0.3, 0.4) is 0 Å². The highest BCUT2D eigenvalue weighted by atomic mass is 32.2. The molecule has 0 radical (unpaired) electrons. The van der Waals surface area contributed by atoms with Crippen molar-refractivity contribution in [3.05, 3.63) is 18.1 Å². The number of rotatable bonds is 3. The van der Waals surface area contributed by atoms with Crippen LogP contribution in [-0.2, 0) is 0 Å². The van der Waals surface area contributed by atoms with Gasteiger partial charge in [0.1, 0.15) is 5.82 Å². The van der Waals surface area contributed by atoms with E-state index in [0.717, 1.165) is 16.8 Å². The minimum absolute atomic E-state index is 0.555. The number of anilines is 1. The van der Waals surface area contributed by atoms with E-state index in [1.165, 1.54) is 25.7 Å². The summed E-state index contributed by atoms with van der Waals surface area (Å²) in [7, 11) is 0. The molecule has 0 saturated heterocycles. The van der Waals surface area contributed by atoms with E-state index in [0.29, 0.717) is 6.04 Å². The summed E-state index contributed by atoms with van der Waals surface area (Å²) in [6.45, 7) is 2.01. The summed E-state index contributed by atoms with van der Waals surface area (Å²) in [6.07, 6.45) is 11.0. The van der Waals surface area contributed by atoms with Crippen LogP contribution < -0.4 is 5.32 Å². The van der Waals surface area contributed by atoms with Gasteiger partial charge in [-0.1, -0.05) is 12.8 Å². The molecule has 1 aliphatic rings. The van der Waals surface area contributed by atoms with E-state index < -0.39 is 0 Å². The number of hydrogen-bond donors (Lipinski definition) is 1. The molecule has 88 valence electrons. The molecule has 0 spiro atoms. The topological polar surface area (TPSA) is 37.8 Å². The van der Waals surface area contributed by atoms with E-state index in [1.807, 2.05) is 18.7 Å². The Hall–Kier alpha value is -0.770. The maximum absolute atomic E-state index is 4.36. The van der Waals surface area contributed by atoms with E-state index in [2.05, 4.69) is 21.5 Å². The number of aryl methyl sites for hydroxylation is 1. The van der Waals surface area contributed by atoms with Crippen LogP contribution in [0.15, 0.2) is 12.4 Å². The van der Waals surface area contributed by atoms with Gasteiger partial charge in [-0.05, 0) is 26.0 Å². The minimum Gasteiger partial charge on any atom is -0.365 e. The minimum atomic E-state index is 0.555. The van der Waals surface area contributed by atoms with Crippen molar-refractivity contribution in [3.63, 3.8) is 0 Å². The van der Waals surface area contributed by atoms with Crippen LogP contribution in [0, 0.1) is 6.92 Å². The molecule has 1 aliphatic carbocycles. The highest BCUT2D eigenvalue weighted by molar-refractivity contribution is 7.99. The molecule has 1 aromatic heterocycles. The van der Waals surface area contributed by atoms with Crippen molar-refractivity contribution in [1.29, 1.82) is 0 Å². The standard InChI is InChI=1S/C12H19N3S/c1-9-12(14-8-7-13-9)15-10-5-3-4-6-11(10)16-2/h7-8,10-11H,3-6H2,1-2H3,(H,14,15). The fraction of sp³-hybridized carbons (Fsp3) is 0.667. The summed E-state index contributed by atoms with van der Waals surface area (Å²) in [4.78, 5) is 8.62. The Morgan fingerprint density at radius 2 is 2.00 bits per heavy atom. The average Bonchev–Trinajstić information content (AvgIpc) is 2.33. The van der Waals surface area contributed by atoms with Crippen LogP contribution in [0.5, 0.6) is 0 Å². The van der Waals surface area contributed by atoms with Gasteiger partial charge < -0.3 is 5.32 Å². The molecule has 0 aromatic carbocycles. The number of nitrogens with zero attached hydrogens (tertiary/aromatic N) is 2. The Balaban J connectivity index is 2.05. The SMILES string of the molecule is CSC1CCCCC1Nc1nccnc1C. The van der Waals surface area contributed by atoms with Gasteiger partial charge in [0.05, 0.1) is 5.69 Å². The predicted octanol–water partition coefficient (Wildman–Crippen LogP) is 2.87. The Labute approximate surface area is 101 Å². The van der Waals surface area contributed by atoms with Crippen molar-refractivity contribution in [2.45, 2.75) is 43.9 Å². The number of thioether (sulfide) groups is 1. The lowest BCUT2D eigenvalue weighted by molar-refractivity contribution is 0.474. The van der Waals surface area contributed by atoms with Gasteiger partial charge in [-0.25, -0.2) is 4.98 Å². The van der Waals surface area contributed by atoms with Crippen molar-refractivity contribution >= 4 is 17.6 Å². The summed E-state index contributed by atoms with van der Waals surface area (Å²) in [5, 5.41) is 4.27. The van der Waals surface area contributed by atoms with Gasteiger partial charge >= 0.3 is 0 Å². The molecule has 2 unspecified atom stereocenters. The average molecular weight is 237 g/mol. The van der Waals surface area contributed by atoms with Crippen molar-refractivity contribution in [2.75, 3.05) is 11.6 Å². The quantitative estimate of drug-likeness (QED) is 0.877. The van der Waals surface area contributed by atoms with Gasteiger partial charge in [-0.3, -0.25) is 4.98 Å². The molecule has 1 N–H and O–H groups in total. The van der Waals surface area contributed by atoms with Gasteiger partial charge in [0, 0.05) is 23.7 Å². The smallest absolute Gasteiger partial charge is 0.147 e. The van der Waals surface area contributed by atoms with Crippen molar-refractivity contribution < 1.29 is 0 Å². The maximum Gasteiger partial charge on any atom is 0.147 e. The van der Waals surface area contributed by atoms with E-state index in [9.17, 15) is 0 Å². The molecule has 0 bridgehead atoms. The molecule has 0 amide bonds. The van der Waals surface area contributed by atoms with E-state index in [1.54, 1.807) is 12.4 Å². The highest BCUT2D eigenvalue weighted by Gasteiger charge is 2.24. The van der Waals surface area contributed by atoms with Gasteiger partial charge in [-0.15, -0.1) is 0 Å². The summed E-state index contributed by atoms with van der Waals surface area (Å²) < 4.78 is 0. The molecule has 1 aromatic rings. The fourth-order valence-corrected chi connectivity index (χ4v) is 3.20. The molecule has 4 heteroatoms. The van der Waals surface area contributed by atoms with Crippen LogP contribution in [0.2, 0.25) is 0 Å².